The summed E-state index contributed by atoms with van der Waals surface area (Å²) in [5.41, 5.74) is -1.57. The molecule has 1 saturated heterocycles. The highest BCUT2D eigenvalue weighted by molar-refractivity contribution is 7.52. The fourth-order valence-electron chi connectivity index (χ4n) is 5.20. The standard InChI is InChI=1S/C32H41FN5O8P/c1-19(29(39)43-16-15-31(3,4)5)37-47(41,46-23-14-10-12-21-11-8-9-13-22(21)23)44-17-24-26(33)32(6,40)30(45-24)38-18-34-25-27(38)35-20(2)36-28(25)42-7/h8-14,18-19,24,26,30,40H,15-17H2,1-7H3,(H,37,41)/t19-,24+,26+,30+,32+,47?/m0/s1. The maximum absolute atomic E-state index is 15.9. The van der Waals surface area contributed by atoms with Gasteiger partial charge in [-0.25, -0.2) is 18.9 Å². The van der Waals surface area contributed by atoms with Gasteiger partial charge in [0.25, 0.3) is 0 Å². The molecule has 2 aromatic carbocycles. The number of alkyl halides is 1. The topological polar surface area (TPSA) is 156 Å². The van der Waals surface area contributed by atoms with E-state index in [0.717, 1.165) is 5.39 Å². The summed E-state index contributed by atoms with van der Waals surface area (Å²) >= 11 is 0. The second kappa shape index (κ2) is 13.4. The Morgan fingerprint density at radius 2 is 1.94 bits per heavy atom. The van der Waals surface area contributed by atoms with Crippen LogP contribution in [0.4, 0.5) is 4.39 Å². The van der Waals surface area contributed by atoms with Crippen molar-refractivity contribution in [3.8, 4) is 11.6 Å². The molecule has 0 bridgehead atoms. The third-order valence-corrected chi connectivity index (χ3v) is 9.44. The Labute approximate surface area is 272 Å². The highest BCUT2D eigenvalue weighted by Gasteiger charge is 2.55. The van der Waals surface area contributed by atoms with Crippen LogP contribution in [0.5, 0.6) is 11.6 Å². The summed E-state index contributed by atoms with van der Waals surface area (Å²) in [6.07, 6.45) is -2.73. The first-order chi connectivity index (χ1) is 22.1. The number of nitrogens with zero attached hydrogens (tertiary/aromatic N) is 4. The molecule has 5 rings (SSSR count). The minimum absolute atomic E-state index is 0.0586. The molecule has 0 radical (unpaired) electrons. The Balaban J connectivity index is 1.38. The zero-order valence-corrected chi connectivity index (χ0v) is 28.4. The lowest BCUT2D eigenvalue weighted by Crippen LogP contribution is -2.42. The molecule has 2 N–H and O–H groups in total. The van der Waals surface area contributed by atoms with Crippen molar-refractivity contribution >= 4 is 35.7 Å². The molecule has 1 aliphatic rings. The van der Waals surface area contributed by atoms with E-state index in [1.54, 1.807) is 31.2 Å². The predicted molar refractivity (Wildman–Crippen MR) is 172 cm³/mol. The lowest BCUT2D eigenvalue weighted by atomic mass is 9.93. The minimum Gasteiger partial charge on any atom is -0.479 e. The molecule has 13 nitrogen and oxygen atoms in total. The predicted octanol–water partition coefficient (Wildman–Crippen LogP) is 5.44. The fraction of sp³-hybridized carbons (Fsp3) is 0.500. The van der Waals surface area contributed by atoms with Gasteiger partial charge in [0.05, 0.1) is 26.7 Å². The quantitative estimate of drug-likeness (QED) is 0.145. The highest BCUT2D eigenvalue weighted by atomic mass is 31.2. The van der Waals surface area contributed by atoms with Crippen LogP contribution in [0.1, 0.15) is 53.1 Å². The van der Waals surface area contributed by atoms with E-state index >= 15 is 4.39 Å². The van der Waals surface area contributed by atoms with Gasteiger partial charge >= 0.3 is 13.7 Å². The molecule has 4 aromatic rings. The zero-order valence-electron chi connectivity index (χ0n) is 27.5. The average molecular weight is 674 g/mol. The molecule has 0 aliphatic carbocycles. The number of imidazole rings is 1. The van der Waals surface area contributed by atoms with Crippen molar-refractivity contribution in [2.75, 3.05) is 20.3 Å². The molecule has 0 saturated carbocycles. The number of carbonyl (C=O) groups excluding carboxylic acids is 1. The minimum atomic E-state index is -4.41. The molecule has 3 heterocycles. The second-order valence-electron chi connectivity index (χ2n) is 12.9. The van der Waals surface area contributed by atoms with Crippen LogP contribution in [-0.4, -0.2) is 74.8 Å². The fourth-order valence-corrected chi connectivity index (χ4v) is 6.72. The van der Waals surface area contributed by atoms with Gasteiger partial charge in [0.15, 0.2) is 23.6 Å². The lowest BCUT2D eigenvalue weighted by Gasteiger charge is -2.26. The Bertz CT molecular complexity index is 1790. The molecule has 6 atom stereocenters. The van der Waals surface area contributed by atoms with Crippen LogP contribution >= 0.6 is 7.75 Å². The number of nitrogens with one attached hydrogen (secondary N) is 1. The van der Waals surface area contributed by atoms with Crippen LogP contribution in [0.2, 0.25) is 0 Å². The van der Waals surface area contributed by atoms with Crippen LogP contribution in [-0.2, 0) is 23.4 Å². The van der Waals surface area contributed by atoms with E-state index in [9.17, 15) is 14.5 Å². The maximum atomic E-state index is 15.9. The Morgan fingerprint density at radius 1 is 1.21 bits per heavy atom. The number of ether oxygens (including phenoxy) is 3. The van der Waals surface area contributed by atoms with Gasteiger partial charge in [-0.3, -0.25) is 13.9 Å². The number of aromatic nitrogens is 4. The van der Waals surface area contributed by atoms with Crippen molar-refractivity contribution < 1.29 is 42.1 Å². The van der Waals surface area contributed by atoms with Crippen molar-refractivity contribution in [3.63, 3.8) is 0 Å². The summed E-state index contributed by atoms with van der Waals surface area (Å²) < 4.78 is 60.1. The molecular weight excluding hydrogens is 632 g/mol. The van der Waals surface area contributed by atoms with E-state index in [1.165, 1.54) is 31.9 Å². The number of hydrogen-bond acceptors (Lipinski definition) is 11. The van der Waals surface area contributed by atoms with Crippen LogP contribution < -0.4 is 14.3 Å². The van der Waals surface area contributed by atoms with Gasteiger partial charge in [0.1, 0.15) is 29.3 Å². The number of benzene rings is 2. The first kappa shape index (κ1) is 34.6. The summed E-state index contributed by atoms with van der Waals surface area (Å²) in [5.74, 6) is 0.135. The first-order valence-corrected chi connectivity index (χ1v) is 16.8. The van der Waals surface area contributed by atoms with Crippen molar-refractivity contribution in [2.45, 2.75) is 78.1 Å². The van der Waals surface area contributed by atoms with Gasteiger partial charge in [0, 0.05) is 5.39 Å². The largest absolute Gasteiger partial charge is 0.479 e. The third-order valence-electron chi connectivity index (χ3n) is 7.81. The van der Waals surface area contributed by atoms with E-state index < -0.39 is 50.5 Å². The van der Waals surface area contributed by atoms with E-state index in [0.29, 0.717) is 23.1 Å². The molecule has 0 spiro atoms. The smallest absolute Gasteiger partial charge is 0.459 e. The molecule has 0 amide bonds. The monoisotopic (exact) mass is 673 g/mol. The molecular formula is C32H41FN5O8P. The molecule has 1 unspecified atom stereocenters. The van der Waals surface area contributed by atoms with Crippen LogP contribution in [0, 0.1) is 12.3 Å². The SMILES string of the molecule is COc1nc(C)nc2c1ncn2[C@@H]1O[C@H](COP(=O)(N[C@@H](C)C(=O)OCCC(C)(C)C)Oc2cccc3ccccc23)[C@@H](F)[C@@]1(C)O. The number of aryl methyl sites for hydroxylation is 1. The number of carbonyl (C=O) groups is 1. The van der Waals surface area contributed by atoms with Gasteiger partial charge in [-0.1, -0.05) is 57.2 Å². The molecule has 1 fully saturated rings. The zero-order chi connectivity index (χ0) is 34.1. The van der Waals surface area contributed by atoms with E-state index in [-0.39, 0.29) is 29.3 Å². The van der Waals surface area contributed by atoms with Crippen LogP contribution in [0.25, 0.3) is 21.9 Å². The summed E-state index contributed by atoms with van der Waals surface area (Å²) in [6, 6.07) is 11.4. The molecule has 254 valence electrons. The lowest BCUT2D eigenvalue weighted by molar-refractivity contribution is -0.145. The number of methoxy groups -OCH3 is 1. The number of esters is 1. The van der Waals surface area contributed by atoms with Crippen molar-refractivity contribution in [2.24, 2.45) is 5.41 Å². The van der Waals surface area contributed by atoms with Crippen molar-refractivity contribution in [3.05, 3.63) is 54.6 Å². The van der Waals surface area contributed by atoms with E-state index in [4.69, 9.17) is 23.3 Å². The number of fused-ring (bicyclic) bond motifs is 2. The van der Waals surface area contributed by atoms with Gasteiger partial charge in [-0.2, -0.15) is 10.1 Å². The first-order valence-electron chi connectivity index (χ1n) is 15.3. The average Bonchev–Trinajstić information content (AvgIpc) is 3.52. The molecule has 47 heavy (non-hydrogen) atoms. The summed E-state index contributed by atoms with van der Waals surface area (Å²) in [7, 11) is -2.98. The van der Waals surface area contributed by atoms with Gasteiger partial charge in [0.2, 0.25) is 5.88 Å². The molecule has 2 aromatic heterocycles. The molecule has 1 aliphatic heterocycles. The van der Waals surface area contributed by atoms with Crippen LogP contribution in [0.3, 0.4) is 0 Å². The van der Waals surface area contributed by atoms with Gasteiger partial charge < -0.3 is 23.8 Å². The highest BCUT2D eigenvalue weighted by Crippen LogP contribution is 2.49. The van der Waals surface area contributed by atoms with E-state index in [1.807, 2.05) is 39.0 Å². The maximum Gasteiger partial charge on any atom is 0.459 e. The normalized spacial score (nSPS) is 23.5. The number of hydrogen-bond donors (Lipinski definition) is 2. The van der Waals surface area contributed by atoms with E-state index in [2.05, 4.69) is 20.0 Å². The third kappa shape index (κ3) is 7.57. The van der Waals surface area contributed by atoms with Gasteiger partial charge in [-0.15, -0.1) is 0 Å². The summed E-state index contributed by atoms with van der Waals surface area (Å²) in [4.78, 5) is 25.7. The Hall–Kier alpha value is -3.68. The number of rotatable bonds is 12. The molecule has 15 heteroatoms. The van der Waals surface area contributed by atoms with Gasteiger partial charge in [-0.05, 0) is 44.1 Å². The Morgan fingerprint density at radius 3 is 2.66 bits per heavy atom. The summed E-state index contributed by atoms with van der Waals surface area (Å²) in [6.45, 7) is 10.0. The number of halogens is 1. The summed E-state index contributed by atoms with van der Waals surface area (Å²) in [5, 5.41) is 15.4. The Kier molecular flexibility index (Phi) is 9.91. The second-order valence-corrected chi connectivity index (χ2v) is 14.6. The van der Waals surface area contributed by atoms with Crippen LogP contribution in [0.15, 0.2) is 48.8 Å². The van der Waals surface area contributed by atoms with Crippen molar-refractivity contribution in [1.82, 2.24) is 24.6 Å². The number of aliphatic hydroxyl groups is 1. The van der Waals surface area contributed by atoms with Crippen molar-refractivity contribution in [1.29, 1.82) is 0 Å².